The average Bonchev–Trinajstić information content (AvgIpc) is 2.04. The molecule has 0 saturated heterocycles. The van der Waals surface area contributed by atoms with Gasteiger partial charge in [0, 0.05) is 18.8 Å². The molecule has 0 spiro atoms. The summed E-state index contributed by atoms with van der Waals surface area (Å²) in [6.45, 7) is 0.0543. The largest absolute Gasteiger partial charge is 0.392 e. The summed E-state index contributed by atoms with van der Waals surface area (Å²) in [4.78, 5) is 3.89. The normalized spacial score (nSPS) is 9.40. The molecule has 0 fully saturated rings. The summed E-state index contributed by atoms with van der Waals surface area (Å²) in [5.41, 5.74) is 1.75. The highest BCUT2D eigenvalue weighted by molar-refractivity contribution is 5.47. The molecule has 1 aromatic rings. The van der Waals surface area contributed by atoms with Crippen LogP contribution in [0.25, 0.3) is 0 Å². The molecule has 54 valence electrons. The lowest BCUT2D eigenvalue weighted by atomic mass is 10.2. The second-order valence-electron chi connectivity index (χ2n) is 1.94. The van der Waals surface area contributed by atoms with E-state index in [4.69, 9.17) is 5.11 Å². The molecule has 0 aromatic carbocycles. The summed E-state index contributed by atoms with van der Waals surface area (Å²) in [6.07, 6.45) is 3.35. The molecule has 1 aromatic heterocycles. The highest BCUT2D eigenvalue weighted by Gasteiger charge is 1.95. The van der Waals surface area contributed by atoms with E-state index in [-0.39, 0.29) is 6.61 Å². The molecule has 0 saturated carbocycles. The first kappa shape index (κ1) is 7.02. The predicted octanol–water partition coefficient (Wildman–Crippen LogP) is 0.616. The van der Waals surface area contributed by atoms with E-state index < -0.39 is 0 Å². The fraction of sp³-hybridized carbons (Fsp3) is 0.286. The molecule has 2 N–H and O–H groups in total. The Morgan fingerprint density at radius 1 is 1.70 bits per heavy atom. The highest BCUT2D eigenvalue weighted by Crippen LogP contribution is 2.10. The van der Waals surface area contributed by atoms with Crippen LogP contribution in [-0.2, 0) is 6.61 Å². The quantitative estimate of drug-likeness (QED) is 0.629. The molecule has 3 heteroatoms. The first-order valence-electron chi connectivity index (χ1n) is 3.10. The van der Waals surface area contributed by atoms with E-state index in [9.17, 15) is 0 Å². The minimum atomic E-state index is 0.0543. The van der Waals surface area contributed by atoms with Gasteiger partial charge in [0.2, 0.25) is 0 Å². The molecular formula is C7H10N2O. The van der Waals surface area contributed by atoms with E-state index in [2.05, 4.69) is 10.3 Å². The minimum absolute atomic E-state index is 0.0543. The summed E-state index contributed by atoms with van der Waals surface area (Å²) in [6, 6.07) is 1.78. The third-order valence-electron chi connectivity index (χ3n) is 1.35. The molecule has 0 amide bonds. The zero-order valence-corrected chi connectivity index (χ0v) is 5.83. The average molecular weight is 138 g/mol. The number of anilines is 1. The molecule has 0 radical (unpaired) electrons. The fourth-order valence-electron chi connectivity index (χ4n) is 0.786. The molecule has 0 aliphatic heterocycles. The molecule has 0 bridgehead atoms. The maximum atomic E-state index is 8.78. The van der Waals surface area contributed by atoms with Gasteiger partial charge in [-0.15, -0.1) is 0 Å². The van der Waals surface area contributed by atoms with Crippen molar-refractivity contribution >= 4 is 5.69 Å². The second-order valence-corrected chi connectivity index (χ2v) is 1.94. The second kappa shape index (κ2) is 3.17. The summed E-state index contributed by atoms with van der Waals surface area (Å²) < 4.78 is 0. The number of aliphatic hydroxyl groups is 1. The van der Waals surface area contributed by atoms with Crippen molar-refractivity contribution in [3.63, 3.8) is 0 Å². The number of hydrogen-bond acceptors (Lipinski definition) is 3. The number of aliphatic hydroxyl groups excluding tert-OH is 1. The van der Waals surface area contributed by atoms with Gasteiger partial charge in [-0.25, -0.2) is 0 Å². The van der Waals surface area contributed by atoms with Gasteiger partial charge < -0.3 is 10.4 Å². The summed E-state index contributed by atoms with van der Waals surface area (Å²) >= 11 is 0. The van der Waals surface area contributed by atoms with E-state index >= 15 is 0 Å². The van der Waals surface area contributed by atoms with E-state index in [1.54, 1.807) is 25.5 Å². The molecule has 0 atom stereocenters. The zero-order valence-electron chi connectivity index (χ0n) is 5.83. The topological polar surface area (TPSA) is 45.2 Å². The van der Waals surface area contributed by atoms with E-state index in [1.807, 2.05) is 0 Å². The van der Waals surface area contributed by atoms with Crippen LogP contribution in [0.3, 0.4) is 0 Å². The van der Waals surface area contributed by atoms with Gasteiger partial charge in [0.1, 0.15) is 0 Å². The molecule has 0 aliphatic carbocycles. The Hall–Kier alpha value is -1.09. The molecule has 3 nitrogen and oxygen atoms in total. The van der Waals surface area contributed by atoms with Gasteiger partial charge >= 0.3 is 0 Å². The lowest BCUT2D eigenvalue weighted by molar-refractivity contribution is 0.282. The summed E-state index contributed by atoms with van der Waals surface area (Å²) in [5, 5.41) is 11.7. The van der Waals surface area contributed by atoms with Crippen molar-refractivity contribution in [2.75, 3.05) is 12.4 Å². The van der Waals surface area contributed by atoms with Crippen LogP contribution in [0, 0.1) is 0 Å². The molecule has 10 heavy (non-hydrogen) atoms. The number of nitrogens with zero attached hydrogens (tertiary/aromatic N) is 1. The van der Waals surface area contributed by atoms with Gasteiger partial charge in [-0.3, -0.25) is 4.98 Å². The van der Waals surface area contributed by atoms with Crippen LogP contribution in [0.4, 0.5) is 5.69 Å². The first-order chi connectivity index (χ1) is 4.88. The smallest absolute Gasteiger partial charge is 0.0703 e. The van der Waals surface area contributed by atoms with Crippen LogP contribution < -0.4 is 5.32 Å². The van der Waals surface area contributed by atoms with Crippen LogP contribution in [0.1, 0.15) is 5.56 Å². The van der Waals surface area contributed by atoms with E-state index in [0.717, 1.165) is 11.3 Å². The molecule has 0 unspecified atom stereocenters. The van der Waals surface area contributed by atoms with Crippen LogP contribution in [-0.4, -0.2) is 17.1 Å². The van der Waals surface area contributed by atoms with Gasteiger partial charge in [-0.2, -0.15) is 0 Å². The van der Waals surface area contributed by atoms with Crippen molar-refractivity contribution in [2.24, 2.45) is 0 Å². The molecular weight excluding hydrogens is 128 g/mol. The minimum Gasteiger partial charge on any atom is -0.392 e. The fourth-order valence-corrected chi connectivity index (χ4v) is 0.786. The Balaban J connectivity index is 2.96. The van der Waals surface area contributed by atoms with Crippen LogP contribution in [0.5, 0.6) is 0 Å². The van der Waals surface area contributed by atoms with Crippen LogP contribution in [0.2, 0.25) is 0 Å². The Morgan fingerprint density at radius 2 is 2.50 bits per heavy atom. The first-order valence-corrected chi connectivity index (χ1v) is 3.10. The van der Waals surface area contributed by atoms with Crippen molar-refractivity contribution in [2.45, 2.75) is 6.61 Å². The number of rotatable bonds is 2. The lowest BCUT2D eigenvalue weighted by Gasteiger charge is -2.03. The zero-order chi connectivity index (χ0) is 7.40. The highest BCUT2D eigenvalue weighted by atomic mass is 16.3. The molecule has 1 heterocycles. The predicted molar refractivity (Wildman–Crippen MR) is 39.7 cm³/mol. The van der Waals surface area contributed by atoms with Crippen LogP contribution >= 0.6 is 0 Å². The van der Waals surface area contributed by atoms with Crippen LogP contribution in [0.15, 0.2) is 18.5 Å². The third-order valence-corrected chi connectivity index (χ3v) is 1.35. The van der Waals surface area contributed by atoms with E-state index in [0.29, 0.717) is 0 Å². The Kier molecular flexibility index (Phi) is 2.23. The summed E-state index contributed by atoms with van der Waals surface area (Å²) in [5.74, 6) is 0. The Bertz CT molecular complexity index is 190. The van der Waals surface area contributed by atoms with Crippen molar-refractivity contribution < 1.29 is 5.11 Å². The summed E-state index contributed by atoms with van der Waals surface area (Å²) in [7, 11) is 1.80. The Labute approximate surface area is 59.7 Å². The maximum Gasteiger partial charge on any atom is 0.0703 e. The van der Waals surface area contributed by atoms with Gasteiger partial charge in [0.25, 0.3) is 0 Å². The number of hydrogen-bond donors (Lipinski definition) is 2. The van der Waals surface area contributed by atoms with Crippen molar-refractivity contribution in [1.29, 1.82) is 0 Å². The molecule has 0 aliphatic rings. The van der Waals surface area contributed by atoms with Crippen molar-refractivity contribution in [3.05, 3.63) is 24.0 Å². The number of pyridine rings is 1. The monoisotopic (exact) mass is 138 g/mol. The number of aromatic nitrogens is 1. The van der Waals surface area contributed by atoms with Gasteiger partial charge in [0.05, 0.1) is 18.5 Å². The SMILES string of the molecule is CNc1cnccc1CO. The maximum absolute atomic E-state index is 8.78. The lowest BCUT2D eigenvalue weighted by Crippen LogP contribution is -1.95. The van der Waals surface area contributed by atoms with E-state index in [1.165, 1.54) is 0 Å². The van der Waals surface area contributed by atoms with Crippen molar-refractivity contribution in [1.82, 2.24) is 4.98 Å². The van der Waals surface area contributed by atoms with Crippen molar-refractivity contribution in [3.8, 4) is 0 Å². The third kappa shape index (κ3) is 1.25. The Morgan fingerprint density at radius 3 is 3.00 bits per heavy atom. The van der Waals surface area contributed by atoms with Gasteiger partial charge in [-0.05, 0) is 6.07 Å². The standard InChI is InChI=1S/C7H10N2O/c1-8-7-4-9-3-2-6(7)5-10/h2-4,8,10H,5H2,1H3. The van der Waals surface area contributed by atoms with Gasteiger partial charge in [0.15, 0.2) is 0 Å². The van der Waals surface area contributed by atoms with Gasteiger partial charge in [-0.1, -0.05) is 0 Å². The molecule has 1 rings (SSSR count). The number of nitrogens with one attached hydrogen (secondary N) is 1.